The summed E-state index contributed by atoms with van der Waals surface area (Å²) in [4.78, 5) is 18.9. The molecule has 3 aliphatic rings. The zero-order chi connectivity index (χ0) is 29.1. The zero-order valence-electron chi connectivity index (χ0n) is 24.9. The van der Waals surface area contributed by atoms with Crippen molar-refractivity contribution in [2.75, 3.05) is 32.6 Å². The van der Waals surface area contributed by atoms with Crippen LogP contribution in [0.1, 0.15) is 74.2 Å². The first-order valence-electron chi connectivity index (χ1n) is 15.0. The van der Waals surface area contributed by atoms with E-state index in [1.807, 2.05) is 37.9 Å². The van der Waals surface area contributed by atoms with Gasteiger partial charge in [-0.2, -0.15) is 0 Å². The second-order valence-corrected chi connectivity index (χ2v) is 13.4. The SMILES string of the molecule is CCC1(S(=O)O)NC(=O)c2ccc3c(C4CCCCC4)c4n(c3c2)CC(CN(C)C(C)N1C)N(C)c1ccccc1-4. The highest BCUT2D eigenvalue weighted by Gasteiger charge is 2.45. The maximum atomic E-state index is 13.9. The van der Waals surface area contributed by atoms with Crippen LogP contribution < -0.4 is 10.2 Å². The van der Waals surface area contributed by atoms with E-state index in [2.05, 4.69) is 64.1 Å². The summed E-state index contributed by atoms with van der Waals surface area (Å²) in [5.41, 5.74) is 6.75. The third-order valence-electron chi connectivity index (χ3n) is 10.2. The molecule has 3 heterocycles. The molecular formula is C32H43N5O3S. The monoisotopic (exact) mass is 577 g/mol. The number of likely N-dealkylation sites (N-methyl/N-ethyl adjacent to an activating group) is 2. The van der Waals surface area contributed by atoms with Gasteiger partial charge in [-0.3, -0.25) is 14.6 Å². The molecule has 3 aromatic rings. The van der Waals surface area contributed by atoms with Gasteiger partial charge in [-0.05, 0) is 70.0 Å². The average molecular weight is 578 g/mol. The fourth-order valence-corrected chi connectivity index (χ4v) is 8.37. The molecule has 1 saturated carbocycles. The van der Waals surface area contributed by atoms with E-state index < -0.39 is 16.1 Å². The molecule has 220 valence electrons. The van der Waals surface area contributed by atoms with Crippen LogP contribution in [0.4, 0.5) is 5.69 Å². The molecule has 9 heteroatoms. The zero-order valence-corrected chi connectivity index (χ0v) is 25.7. The molecule has 0 saturated heterocycles. The van der Waals surface area contributed by atoms with Gasteiger partial charge in [0.15, 0.2) is 16.1 Å². The van der Waals surface area contributed by atoms with Crippen LogP contribution in [-0.2, 0) is 17.6 Å². The molecule has 0 radical (unpaired) electrons. The van der Waals surface area contributed by atoms with Gasteiger partial charge >= 0.3 is 0 Å². The lowest BCUT2D eigenvalue weighted by molar-refractivity contribution is 0.0202. The van der Waals surface area contributed by atoms with E-state index in [1.165, 1.54) is 60.0 Å². The van der Waals surface area contributed by atoms with Gasteiger partial charge < -0.3 is 19.3 Å². The van der Waals surface area contributed by atoms with Gasteiger partial charge in [0.25, 0.3) is 5.91 Å². The topological polar surface area (TPSA) is 81.0 Å². The first-order valence-corrected chi connectivity index (χ1v) is 16.1. The largest absolute Gasteiger partial charge is 0.368 e. The van der Waals surface area contributed by atoms with E-state index in [0.717, 1.165) is 18.6 Å². The molecule has 4 unspecified atom stereocenters. The number of para-hydroxylation sites is 1. The molecule has 1 fully saturated rings. The highest BCUT2D eigenvalue weighted by Crippen LogP contribution is 2.48. The van der Waals surface area contributed by atoms with Gasteiger partial charge in [0.2, 0.25) is 0 Å². The minimum absolute atomic E-state index is 0.136. The highest BCUT2D eigenvalue weighted by atomic mass is 32.2. The lowest BCUT2D eigenvalue weighted by Crippen LogP contribution is -2.66. The van der Waals surface area contributed by atoms with Gasteiger partial charge in [0.05, 0.1) is 17.9 Å². The molecule has 41 heavy (non-hydrogen) atoms. The molecule has 0 spiro atoms. The second-order valence-electron chi connectivity index (χ2n) is 12.2. The van der Waals surface area contributed by atoms with Gasteiger partial charge in [0, 0.05) is 47.9 Å². The Hall–Kier alpha value is -2.72. The Morgan fingerprint density at radius 3 is 2.49 bits per heavy atom. The number of anilines is 1. The number of amides is 1. The van der Waals surface area contributed by atoms with Gasteiger partial charge in [-0.15, -0.1) is 0 Å². The van der Waals surface area contributed by atoms with E-state index in [9.17, 15) is 13.6 Å². The van der Waals surface area contributed by atoms with Crippen molar-refractivity contribution in [3.8, 4) is 11.3 Å². The Morgan fingerprint density at radius 2 is 1.78 bits per heavy atom. The van der Waals surface area contributed by atoms with Crippen molar-refractivity contribution in [2.24, 2.45) is 0 Å². The third kappa shape index (κ3) is 4.52. The standard InChI is InChI=1S/C32H43N5O3S/c1-6-32(41(39)40)33-31(38)23-16-17-25-28(18-23)37-20-24(19-34(3)21(2)36(32)5)35(4)27-15-11-10-14-26(27)30(37)29(25)22-12-8-7-9-13-22/h10-11,14-18,21-22,24H,6-9,12-13,19-20H2,1-5H3,(H,33,38)(H,39,40). The number of hydrogen-bond acceptors (Lipinski definition) is 5. The summed E-state index contributed by atoms with van der Waals surface area (Å²) in [6.07, 6.45) is 6.21. The molecule has 1 amide bonds. The van der Waals surface area contributed by atoms with Crippen molar-refractivity contribution in [3.05, 3.63) is 53.6 Å². The molecule has 1 aliphatic carbocycles. The number of benzene rings is 2. The first kappa shape index (κ1) is 28.4. The van der Waals surface area contributed by atoms with Gasteiger partial charge in [-0.25, -0.2) is 4.21 Å². The Labute approximate surface area is 246 Å². The lowest BCUT2D eigenvalue weighted by atomic mass is 9.81. The van der Waals surface area contributed by atoms with Crippen molar-refractivity contribution in [3.63, 3.8) is 0 Å². The van der Waals surface area contributed by atoms with Crippen molar-refractivity contribution >= 4 is 33.6 Å². The maximum Gasteiger partial charge on any atom is 0.253 e. The van der Waals surface area contributed by atoms with Crippen LogP contribution in [-0.4, -0.2) is 73.9 Å². The van der Waals surface area contributed by atoms with Crippen molar-refractivity contribution in [1.29, 1.82) is 0 Å². The van der Waals surface area contributed by atoms with Gasteiger partial charge in [0.1, 0.15) is 0 Å². The average Bonchev–Trinajstić information content (AvgIpc) is 3.25. The van der Waals surface area contributed by atoms with Crippen molar-refractivity contribution in [1.82, 2.24) is 19.7 Å². The van der Waals surface area contributed by atoms with E-state index in [1.54, 1.807) is 0 Å². The number of hydrogen-bond donors (Lipinski definition) is 2. The summed E-state index contributed by atoms with van der Waals surface area (Å²) in [5, 5.41) is 4.22. The predicted molar refractivity (Wildman–Crippen MR) is 167 cm³/mol. The second kappa shape index (κ2) is 10.8. The Kier molecular flexibility index (Phi) is 7.51. The number of rotatable bonds is 3. The molecule has 1 aromatic heterocycles. The summed E-state index contributed by atoms with van der Waals surface area (Å²) in [6.45, 7) is 5.40. The number of aromatic nitrogens is 1. The van der Waals surface area contributed by atoms with E-state index >= 15 is 0 Å². The van der Waals surface area contributed by atoms with Gasteiger partial charge in [-0.1, -0.05) is 50.5 Å². The summed E-state index contributed by atoms with van der Waals surface area (Å²) in [6, 6.07) is 14.9. The minimum atomic E-state index is -2.33. The molecule has 6 rings (SSSR count). The van der Waals surface area contributed by atoms with Crippen LogP contribution in [0, 0.1) is 0 Å². The van der Waals surface area contributed by atoms with Crippen LogP contribution >= 0.6 is 0 Å². The van der Waals surface area contributed by atoms with Crippen molar-refractivity contribution in [2.45, 2.75) is 82.0 Å². The number of nitrogens with one attached hydrogen (secondary N) is 1. The lowest BCUT2D eigenvalue weighted by Gasteiger charge is -2.45. The summed E-state index contributed by atoms with van der Waals surface area (Å²) < 4.78 is 26.0. The summed E-state index contributed by atoms with van der Waals surface area (Å²) in [7, 11) is 6.08. The van der Waals surface area contributed by atoms with Crippen LogP contribution in [0.25, 0.3) is 22.2 Å². The normalized spacial score (nSPS) is 27.2. The first-order chi connectivity index (χ1) is 19.7. The van der Waals surface area contributed by atoms with Crippen LogP contribution in [0.2, 0.25) is 0 Å². The molecule has 4 atom stereocenters. The number of nitrogens with zero attached hydrogens (tertiary/aromatic N) is 4. The number of fused-ring (bicyclic) bond motifs is 4. The van der Waals surface area contributed by atoms with Crippen LogP contribution in [0.5, 0.6) is 0 Å². The van der Waals surface area contributed by atoms with Crippen molar-refractivity contribution < 1.29 is 13.6 Å². The molecule has 2 N–H and O–H groups in total. The number of carbonyl (C=O) groups is 1. The van der Waals surface area contributed by atoms with Crippen LogP contribution in [0.3, 0.4) is 0 Å². The van der Waals surface area contributed by atoms with E-state index in [-0.39, 0.29) is 24.5 Å². The fraction of sp³-hybridized carbons (Fsp3) is 0.531. The number of carbonyl (C=O) groups excluding carboxylic acids is 1. The molecule has 4 bridgehead atoms. The Balaban J connectivity index is 1.64. The van der Waals surface area contributed by atoms with Crippen LogP contribution in [0.15, 0.2) is 42.5 Å². The third-order valence-corrected chi connectivity index (χ3v) is 11.5. The minimum Gasteiger partial charge on any atom is -0.368 e. The smallest absolute Gasteiger partial charge is 0.253 e. The quantitative estimate of drug-likeness (QED) is 0.405. The summed E-state index contributed by atoms with van der Waals surface area (Å²) >= 11 is -2.33. The fourth-order valence-electron chi connectivity index (χ4n) is 7.54. The molecule has 2 aromatic carbocycles. The maximum absolute atomic E-state index is 13.9. The summed E-state index contributed by atoms with van der Waals surface area (Å²) in [5.74, 6) is 0.145. The van der Waals surface area contributed by atoms with E-state index in [4.69, 9.17) is 0 Å². The highest BCUT2D eigenvalue weighted by molar-refractivity contribution is 7.80. The molecule has 2 aliphatic heterocycles. The molecular weight excluding hydrogens is 534 g/mol. The Morgan fingerprint density at radius 1 is 1.05 bits per heavy atom. The van der Waals surface area contributed by atoms with E-state index in [0.29, 0.717) is 11.5 Å². The molecule has 8 nitrogen and oxygen atoms in total. The predicted octanol–water partition coefficient (Wildman–Crippen LogP) is 5.41. The Bertz CT molecular complexity index is 1500.